The molecule has 25 heavy (non-hydrogen) atoms. The van der Waals surface area contributed by atoms with Gasteiger partial charge in [-0.3, -0.25) is 4.79 Å². The molecule has 1 amide bonds. The summed E-state index contributed by atoms with van der Waals surface area (Å²) in [6, 6.07) is 13.1. The molecule has 0 spiro atoms. The lowest BCUT2D eigenvalue weighted by Gasteiger charge is -2.06. The molecule has 2 heterocycles. The monoisotopic (exact) mass is 338 g/mol. The third-order valence-corrected chi connectivity index (χ3v) is 3.60. The molecule has 0 saturated heterocycles. The maximum atomic E-state index is 12.5. The van der Waals surface area contributed by atoms with Crippen molar-refractivity contribution in [1.29, 1.82) is 0 Å². The minimum atomic E-state index is -0.317. The lowest BCUT2D eigenvalue weighted by atomic mass is 10.2. The summed E-state index contributed by atoms with van der Waals surface area (Å²) in [7, 11) is 3.06. The second-order valence-electron chi connectivity index (χ2n) is 5.22. The van der Waals surface area contributed by atoms with Crippen LogP contribution in [0.5, 0.6) is 11.6 Å². The number of nitrogens with one attached hydrogen (secondary N) is 1. The summed E-state index contributed by atoms with van der Waals surface area (Å²) in [6.07, 6.45) is 3.31. The molecule has 2 aromatic heterocycles. The van der Waals surface area contributed by atoms with Crippen molar-refractivity contribution in [2.45, 2.75) is 6.54 Å². The van der Waals surface area contributed by atoms with Gasteiger partial charge in [0.05, 0.1) is 26.1 Å². The first-order valence-electron chi connectivity index (χ1n) is 7.67. The van der Waals surface area contributed by atoms with Gasteiger partial charge in [0.15, 0.2) is 11.4 Å². The van der Waals surface area contributed by atoms with Gasteiger partial charge in [-0.1, -0.05) is 18.2 Å². The Balaban J connectivity index is 1.76. The van der Waals surface area contributed by atoms with Gasteiger partial charge in [-0.15, -0.1) is 0 Å². The number of benzene rings is 1. The summed E-state index contributed by atoms with van der Waals surface area (Å²) in [4.78, 5) is 16.5. The van der Waals surface area contributed by atoms with Gasteiger partial charge in [-0.2, -0.15) is 5.10 Å². The van der Waals surface area contributed by atoms with E-state index in [2.05, 4.69) is 15.4 Å². The fourth-order valence-corrected chi connectivity index (χ4v) is 2.32. The topological polar surface area (TPSA) is 78.3 Å². The molecule has 3 aromatic rings. The smallest absolute Gasteiger partial charge is 0.275 e. The summed E-state index contributed by atoms with van der Waals surface area (Å²) in [5.74, 6) is 0.591. The first-order chi connectivity index (χ1) is 12.2. The Kier molecular flexibility index (Phi) is 4.94. The van der Waals surface area contributed by atoms with Crippen LogP contribution in [0.3, 0.4) is 0 Å². The van der Waals surface area contributed by atoms with Gasteiger partial charge < -0.3 is 14.8 Å². The lowest BCUT2D eigenvalue weighted by Crippen LogP contribution is -2.24. The van der Waals surface area contributed by atoms with E-state index in [-0.39, 0.29) is 11.6 Å². The number of carbonyl (C=O) groups is 1. The van der Waals surface area contributed by atoms with Crippen molar-refractivity contribution in [1.82, 2.24) is 20.1 Å². The molecule has 0 radical (unpaired) electrons. The molecule has 7 heteroatoms. The van der Waals surface area contributed by atoms with E-state index in [9.17, 15) is 4.79 Å². The van der Waals surface area contributed by atoms with E-state index < -0.39 is 0 Å². The summed E-state index contributed by atoms with van der Waals surface area (Å²) >= 11 is 0. The molecule has 0 atom stereocenters. The third kappa shape index (κ3) is 3.77. The van der Waals surface area contributed by atoms with Crippen LogP contribution in [0, 0.1) is 0 Å². The molecule has 0 aliphatic heterocycles. The number of nitrogens with zero attached hydrogens (tertiary/aromatic N) is 3. The van der Waals surface area contributed by atoms with Gasteiger partial charge in [-0.25, -0.2) is 9.67 Å². The first-order valence-corrected chi connectivity index (χ1v) is 7.67. The second-order valence-corrected chi connectivity index (χ2v) is 5.22. The Morgan fingerprint density at radius 3 is 2.68 bits per heavy atom. The number of carbonyl (C=O) groups excluding carboxylic acids is 1. The molecule has 3 rings (SSSR count). The predicted octanol–water partition coefficient (Wildman–Crippen LogP) is 2.21. The zero-order valence-electron chi connectivity index (χ0n) is 14.0. The number of amides is 1. The fraction of sp³-hybridized carbons (Fsp3) is 0.167. The molecule has 0 unspecified atom stereocenters. The maximum Gasteiger partial charge on any atom is 0.275 e. The third-order valence-electron chi connectivity index (χ3n) is 3.60. The second kappa shape index (κ2) is 7.48. The summed E-state index contributed by atoms with van der Waals surface area (Å²) in [5, 5.41) is 7.17. The minimum Gasteiger partial charge on any atom is -0.493 e. The first kappa shape index (κ1) is 16.5. The summed E-state index contributed by atoms with van der Waals surface area (Å²) in [5.41, 5.74) is 1.95. The van der Waals surface area contributed by atoms with Crippen LogP contribution in [-0.2, 0) is 6.54 Å². The number of pyridine rings is 1. The van der Waals surface area contributed by atoms with E-state index in [1.807, 2.05) is 36.4 Å². The standard InChI is InChI=1S/C18H18N4O3/c1-24-15-12-22(14-6-4-3-5-7-14)21-17(15)18(23)20-11-13-8-9-19-16(10-13)25-2/h3-10,12H,11H2,1-2H3,(H,20,23). The number of hydrogen-bond acceptors (Lipinski definition) is 5. The zero-order valence-corrected chi connectivity index (χ0v) is 14.0. The molecule has 1 aromatic carbocycles. The van der Waals surface area contributed by atoms with Crippen LogP contribution in [0.2, 0.25) is 0 Å². The molecule has 7 nitrogen and oxygen atoms in total. The van der Waals surface area contributed by atoms with Crippen molar-refractivity contribution >= 4 is 5.91 Å². The average Bonchev–Trinajstić information content (AvgIpc) is 3.11. The molecule has 0 aliphatic carbocycles. The zero-order chi connectivity index (χ0) is 17.6. The number of rotatable bonds is 6. The molecule has 0 aliphatic rings. The normalized spacial score (nSPS) is 10.3. The Morgan fingerprint density at radius 2 is 1.96 bits per heavy atom. The van der Waals surface area contributed by atoms with Crippen molar-refractivity contribution < 1.29 is 14.3 Å². The van der Waals surface area contributed by atoms with E-state index in [1.165, 1.54) is 7.11 Å². The van der Waals surface area contributed by atoms with Gasteiger partial charge in [0.1, 0.15) is 0 Å². The van der Waals surface area contributed by atoms with Crippen LogP contribution in [0.25, 0.3) is 5.69 Å². The highest BCUT2D eigenvalue weighted by molar-refractivity contribution is 5.94. The van der Waals surface area contributed by atoms with Crippen LogP contribution in [0.1, 0.15) is 16.1 Å². The number of ether oxygens (including phenoxy) is 2. The average molecular weight is 338 g/mol. The van der Waals surface area contributed by atoms with Crippen LogP contribution in [0.4, 0.5) is 0 Å². The van der Waals surface area contributed by atoms with Gasteiger partial charge in [-0.05, 0) is 23.8 Å². The SMILES string of the molecule is COc1cc(CNC(=O)c2nn(-c3ccccc3)cc2OC)ccn1. The Bertz CT molecular complexity index is 862. The molecular formula is C18H18N4O3. The Morgan fingerprint density at radius 1 is 1.16 bits per heavy atom. The molecule has 128 valence electrons. The van der Waals surface area contributed by atoms with Gasteiger partial charge >= 0.3 is 0 Å². The lowest BCUT2D eigenvalue weighted by molar-refractivity contribution is 0.0942. The van der Waals surface area contributed by atoms with E-state index in [0.29, 0.717) is 18.2 Å². The fourth-order valence-electron chi connectivity index (χ4n) is 2.32. The van der Waals surface area contributed by atoms with Crippen molar-refractivity contribution in [3.63, 3.8) is 0 Å². The van der Waals surface area contributed by atoms with Crippen molar-refractivity contribution in [3.8, 4) is 17.3 Å². The summed E-state index contributed by atoms with van der Waals surface area (Å²) in [6.45, 7) is 0.332. The van der Waals surface area contributed by atoms with E-state index in [1.54, 1.807) is 30.3 Å². The largest absolute Gasteiger partial charge is 0.493 e. The van der Waals surface area contributed by atoms with Crippen LogP contribution in [-0.4, -0.2) is 34.9 Å². The van der Waals surface area contributed by atoms with E-state index in [0.717, 1.165) is 11.3 Å². The Labute approximate surface area is 145 Å². The maximum absolute atomic E-state index is 12.5. The molecule has 0 bridgehead atoms. The van der Waals surface area contributed by atoms with Crippen LogP contribution in [0.15, 0.2) is 54.9 Å². The number of methoxy groups -OCH3 is 2. The number of aromatic nitrogens is 3. The molecule has 1 N–H and O–H groups in total. The highest BCUT2D eigenvalue weighted by Gasteiger charge is 2.18. The molecular weight excluding hydrogens is 320 g/mol. The quantitative estimate of drug-likeness (QED) is 0.745. The summed E-state index contributed by atoms with van der Waals surface area (Å²) < 4.78 is 12.0. The number of hydrogen-bond donors (Lipinski definition) is 1. The van der Waals surface area contributed by atoms with Crippen LogP contribution >= 0.6 is 0 Å². The molecule has 0 saturated carbocycles. The number of para-hydroxylation sites is 1. The van der Waals surface area contributed by atoms with Crippen molar-refractivity contribution in [3.05, 3.63) is 66.1 Å². The minimum absolute atomic E-state index is 0.229. The van der Waals surface area contributed by atoms with E-state index in [4.69, 9.17) is 9.47 Å². The van der Waals surface area contributed by atoms with Crippen molar-refractivity contribution in [2.24, 2.45) is 0 Å². The van der Waals surface area contributed by atoms with Crippen LogP contribution < -0.4 is 14.8 Å². The Hall–Kier alpha value is -3.35. The highest BCUT2D eigenvalue weighted by atomic mass is 16.5. The van der Waals surface area contributed by atoms with Gasteiger partial charge in [0.2, 0.25) is 5.88 Å². The molecule has 0 fully saturated rings. The van der Waals surface area contributed by atoms with Crippen molar-refractivity contribution in [2.75, 3.05) is 14.2 Å². The van der Waals surface area contributed by atoms with Gasteiger partial charge in [0.25, 0.3) is 5.91 Å². The predicted molar refractivity (Wildman–Crippen MR) is 92.1 cm³/mol. The highest BCUT2D eigenvalue weighted by Crippen LogP contribution is 2.19. The van der Waals surface area contributed by atoms with E-state index >= 15 is 0 Å². The van der Waals surface area contributed by atoms with Gasteiger partial charge in [0, 0.05) is 18.8 Å².